The van der Waals surface area contributed by atoms with Gasteiger partial charge < -0.3 is 16.8 Å². The van der Waals surface area contributed by atoms with E-state index >= 15 is 0 Å². The fourth-order valence-corrected chi connectivity index (χ4v) is 2.25. The van der Waals surface area contributed by atoms with Crippen molar-refractivity contribution in [1.29, 1.82) is 0 Å². The van der Waals surface area contributed by atoms with Crippen molar-refractivity contribution in [2.75, 3.05) is 24.6 Å². The van der Waals surface area contributed by atoms with Crippen LogP contribution in [0.1, 0.15) is 17.9 Å². The van der Waals surface area contributed by atoms with Gasteiger partial charge in [-0.25, -0.2) is 0 Å². The highest BCUT2D eigenvalue weighted by atomic mass is 15.3. The second-order valence-corrected chi connectivity index (χ2v) is 4.11. The smallest absolute Gasteiger partial charge is 0.240 e. The Balaban J connectivity index is 2.20. The van der Waals surface area contributed by atoms with E-state index in [0.717, 1.165) is 25.2 Å². The van der Waals surface area contributed by atoms with Crippen LogP contribution >= 0.6 is 0 Å². The zero-order valence-corrected chi connectivity index (χ0v) is 8.85. The number of pyridine rings is 1. The molecule has 6 heteroatoms. The van der Waals surface area contributed by atoms with Gasteiger partial charge >= 0.3 is 0 Å². The summed E-state index contributed by atoms with van der Waals surface area (Å²) in [5.41, 5.74) is 13.4. The minimum Gasteiger partial charge on any atom is -0.384 e. The number of nitrogens with two attached hydrogens (primary N) is 2. The molecule has 0 aromatic carbocycles. The predicted molar refractivity (Wildman–Crippen MR) is 62.0 cm³/mol. The van der Waals surface area contributed by atoms with Gasteiger partial charge in [0, 0.05) is 18.0 Å². The lowest BCUT2D eigenvalue weighted by Crippen LogP contribution is -2.09. The summed E-state index contributed by atoms with van der Waals surface area (Å²) >= 11 is 0. The van der Waals surface area contributed by atoms with Crippen LogP contribution in [0.25, 0.3) is 5.65 Å². The molecule has 2 aromatic heterocycles. The van der Waals surface area contributed by atoms with E-state index in [1.165, 1.54) is 5.56 Å². The molecule has 2 aromatic rings. The molecule has 1 aliphatic rings. The molecule has 0 bridgehead atoms. The first-order valence-corrected chi connectivity index (χ1v) is 5.37. The molecule has 0 aliphatic carbocycles. The number of hydrogen-bond acceptors (Lipinski definition) is 5. The highest BCUT2D eigenvalue weighted by Crippen LogP contribution is 2.27. The third-order valence-electron chi connectivity index (χ3n) is 3.06. The van der Waals surface area contributed by atoms with Gasteiger partial charge in [-0.1, -0.05) is 6.07 Å². The molecule has 1 unspecified atom stereocenters. The standard InChI is InChI=1S/C10H14N6/c11-8-2-1-7(6-3-4-13-5-6)9-14-10(12)15-16(8)9/h1-2,6,13H,3-5,11H2,(H2,12,15). The first kappa shape index (κ1) is 9.41. The molecule has 3 heterocycles. The lowest BCUT2D eigenvalue weighted by Gasteiger charge is -2.10. The van der Waals surface area contributed by atoms with Crippen molar-refractivity contribution in [3.05, 3.63) is 17.7 Å². The average molecular weight is 218 g/mol. The van der Waals surface area contributed by atoms with Crippen LogP contribution in [0.3, 0.4) is 0 Å². The van der Waals surface area contributed by atoms with Gasteiger partial charge in [0.25, 0.3) is 0 Å². The third-order valence-corrected chi connectivity index (χ3v) is 3.06. The Morgan fingerprint density at radius 1 is 1.38 bits per heavy atom. The molecule has 3 rings (SSSR count). The van der Waals surface area contributed by atoms with Crippen LogP contribution in [-0.4, -0.2) is 27.7 Å². The lowest BCUT2D eigenvalue weighted by atomic mass is 10.00. The van der Waals surface area contributed by atoms with Crippen LogP contribution in [0, 0.1) is 0 Å². The van der Waals surface area contributed by atoms with Crippen molar-refractivity contribution in [3.63, 3.8) is 0 Å². The summed E-state index contributed by atoms with van der Waals surface area (Å²) in [6.45, 7) is 2.02. The molecule has 1 saturated heterocycles. The second-order valence-electron chi connectivity index (χ2n) is 4.11. The maximum Gasteiger partial charge on any atom is 0.240 e. The molecule has 0 amide bonds. The molecular weight excluding hydrogens is 204 g/mol. The third kappa shape index (κ3) is 1.30. The maximum absolute atomic E-state index is 5.83. The molecule has 1 fully saturated rings. The van der Waals surface area contributed by atoms with E-state index in [-0.39, 0.29) is 5.95 Å². The maximum atomic E-state index is 5.83. The van der Waals surface area contributed by atoms with Crippen molar-refractivity contribution in [2.45, 2.75) is 12.3 Å². The largest absolute Gasteiger partial charge is 0.384 e. The number of hydrogen-bond donors (Lipinski definition) is 3. The van der Waals surface area contributed by atoms with E-state index in [1.807, 2.05) is 12.1 Å². The summed E-state index contributed by atoms with van der Waals surface area (Å²) in [6.07, 6.45) is 1.12. The van der Waals surface area contributed by atoms with Gasteiger partial charge in [-0.2, -0.15) is 9.50 Å². The van der Waals surface area contributed by atoms with Crippen LogP contribution < -0.4 is 16.8 Å². The van der Waals surface area contributed by atoms with E-state index in [1.54, 1.807) is 4.52 Å². The van der Waals surface area contributed by atoms with Crippen LogP contribution in [0.5, 0.6) is 0 Å². The second kappa shape index (κ2) is 3.34. The Labute approximate surface area is 92.6 Å². The van der Waals surface area contributed by atoms with Gasteiger partial charge in [-0.3, -0.25) is 0 Å². The Morgan fingerprint density at radius 3 is 3.00 bits per heavy atom. The van der Waals surface area contributed by atoms with Crippen LogP contribution in [0.4, 0.5) is 11.8 Å². The van der Waals surface area contributed by atoms with E-state index in [2.05, 4.69) is 15.4 Å². The van der Waals surface area contributed by atoms with Gasteiger partial charge in [0.2, 0.25) is 5.95 Å². The monoisotopic (exact) mass is 218 g/mol. The quantitative estimate of drug-likeness (QED) is 0.625. The van der Waals surface area contributed by atoms with E-state index in [0.29, 0.717) is 11.7 Å². The first-order valence-electron chi connectivity index (χ1n) is 5.37. The Kier molecular flexibility index (Phi) is 1.97. The lowest BCUT2D eigenvalue weighted by molar-refractivity contribution is 0.761. The molecule has 84 valence electrons. The molecule has 16 heavy (non-hydrogen) atoms. The average Bonchev–Trinajstić information content (AvgIpc) is 2.87. The number of nitrogens with one attached hydrogen (secondary N) is 1. The summed E-state index contributed by atoms with van der Waals surface area (Å²) in [5.74, 6) is 1.31. The highest BCUT2D eigenvalue weighted by molar-refractivity contribution is 5.57. The Hall–Kier alpha value is -1.82. The normalized spacial score (nSPS) is 20.6. The van der Waals surface area contributed by atoms with E-state index in [9.17, 15) is 0 Å². The number of fused-ring (bicyclic) bond motifs is 1. The van der Waals surface area contributed by atoms with E-state index < -0.39 is 0 Å². The van der Waals surface area contributed by atoms with Crippen LogP contribution in [0.2, 0.25) is 0 Å². The fraction of sp³-hybridized carbons (Fsp3) is 0.400. The molecule has 6 nitrogen and oxygen atoms in total. The van der Waals surface area contributed by atoms with Crippen molar-refractivity contribution >= 4 is 17.4 Å². The van der Waals surface area contributed by atoms with Crippen molar-refractivity contribution in [3.8, 4) is 0 Å². The minimum absolute atomic E-state index is 0.269. The molecule has 0 saturated carbocycles. The summed E-state index contributed by atoms with van der Waals surface area (Å²) in [7, 11) is 0. The van der Waals surface area contributed by atoms with Gasteiger partial charge in [0.05, 0.1) is 0 Å². The summed E-state index contributed by atoms with van der Waals surface area (Å²) < 4.78 is 1.61. The van der Waals surface area contributed by atoms with Gasteiger partial charge in [0.1, 0.15) is 5.82 Å². The number of nitrogen functional groups attached to an aromatic ring is 2. The number of aromatic nitrogens is 3. The molecule has 0 radical (unpaired) electrons. The Morgan fingerprint density at radius 2 is 2.25 bits per heavy atom. The molecular formula is C10H14N6. The highest BCUT2D eigenvalue weighted by Gasteiger charge is 2.21. The Bertz CT molecular complexity index is 525. The molecule has 1 aliphatic heterocycles. The van der Waals surface area contributed by atoms with Crippen LogP contribution in [-0.2, 0) is 0 Å². The van der Waals surface area contributed by atoms with Crippen molar-refractivity contribution in [1.82, 2.24) is 19.9 Å². The fourth-order valence-electron chi connectivity index (χ4n) is 2.25. The predicted octanol–water partition coefficient (Wildman–Crippen LogP) is -0.0294. The summed E-state index contributed by atoms with van der Waals surface area (Å²) in [4.78, 5) is 4.24. The van der Waals surface area contributed by atoms with Gasteiger partial charge in [-0.05, 0) is 19.0 Å². The molecule has 5 N–H and O–H groups in total. The summed E-state index contributed by atoms with van der Waals surface area (Å²) in [5, 5.41) is 7.42. The molecule has 1 atom stereocenters. The summed E-state index contributed by atoms with van der Waals surface area (Å²) in [6, 6.07) is 3.88. The van der Waals surface area contributed by atoms with Crippen molar-refractivity contribution < 1.29 is 0 Å². The van der Waals surface area contributed by atoms with Crippen LogP contribution in [0.15, 0.2) is 12.1 Å². The number of rotatable bonds is 1. The first-order chi connectivity index (χ1) is 7.75. The zero-order chi connectivity index (χ0) is 11.1. The SMILES string of the molecule is Nc1nc2c(C3CCNC3)ccc(N)n2n1. The topological polar surface area (TPSA) is 94.3 Å². The van der Waals surface area contributed by atoms with Gasteiger partial charge in [0.15, 0.2) is 5.65 Å². The van der Waals surface area contributed by atoms with Crippen molar-refractivity contribution in [2.24, 2.45) is 0 Å². The van der Waals surface area contributed by atoms with Gasteiger partial charge in [-0.15, -0.1) is 5.10 Å². The number of anilines is 2. The van der Waals surface area contributed by atoms with E-state index in [4.69, 9.17) is 11.5 Å². The molecule has 0 spiro atoms. The minimum atomic E-state index is 0.269. The zero-order valence-electron chi connectivity index (χ0n) is 8.85. The number of nitrogens with zero attached hydrogens (tertiary/aromatic N) is 3.